The van der Waals surface area contributed by atoms with Gasteiger partial charge < -0.3 is 20.1 Å². The second-order valence-corrected chi connectivity index (χ2v) is 6.36. The Morgan fingerprint density at radius 3 is 2.75 bits per heavy atom. The van der Waals surface area contributed by atoms with Crippen molar-refractivity contribution in [2.75, 3.05) is 33.8 Å². The second kappa shape index (κ2) is 7.29. The fourth-order valence-corrected chi connectivity index (χ4v) is 3.06. The molecular formula is C15H23BrN2O2. The maximum atomic E-state index is 9.78. The van der Waals surface area contributed by atoms with Gasteiger partial charge in [-0.05, 0) is 79.1 Å². The van der Waals surface area contributed by atoms with Crippen molar-refractivity contribution in [2.24, 2.45) is 5.92 Å². The first-order chi connectivity index (χ1) is 9.60. The lowest BCUT2D eigenvalue weighted by Gasteiger charge is -2.29. The van der Waals surface area contributed by atoms with Crippen LogP contribution in [0.3, 0.4) is 0 Å². The molecule has 1 aromatic carbocycles. The number of rotatable bonds is 5. The lowest BCUT2D eigenvalue weighted by atomic mass is 9.97. The molecule has 0 radical (unpaired) electrons. The Morgan fingerprint density at radius 1 is 1.40 bits per heavy atom. The van der Waals surface area contributed by atoms with E-state index in [2.05, 4.69) is 33.2 Å². The summed E-state index contributed by atoms with van der Waals surface area (Å²) < 4.78 is 5.84. The number of benzene rings is 1. The molecule has 0 atom stereocenters. The van der Waals surface area contributed by atoms with E-state index in [1.807, 2.05) is 12.1 Å². The van der Waals surface area contributed by atoms with Crippen LogP contribution in [0.1, 0.15) is 18.4 Å². The predicted octanol–water partition coefficient (Wildman–Crippen LogP) is 2.59. The van der Waals surface area contributed by atoms with Crippen molar-refractivity contribution in [3.05, 3.63) is 22.2 Å². The van der Waals surface area contributed by atoms with Crippen LogP contribution in [0, 0.1) is 5.92 Å². The van der Waals surface area contributed by atoms with Crippen molar-refractivity contribution in [3.8, 4) is 11.5 Å². The van der Waals surface area contributed by atoms with Crippen LogP contribution in [0.15, 0.2) is 16.6 Å². The van der Waals surface area contributed by atoms with E-state index in [4.69, 9.17) is 4.74 Å². The minimum absolute atomic E-state index is 0.159. The highest BCUT2D eigenvalue weighted by molar-refractivity contribution is 9.10. The zero-order valence-electron chi connectivity index (χ0n) is 12.2. The number of methoxy groups -OCH3 is 1. The molecule has 1 saturated heterocycles. The molecule has 2 rings (SSSR count). The van der Waals surface area contributed by atoms with Crippen molar-refractivity contribution < 1.29 is 9.84 Å². The Balaban J connectivity index is 1.83. The minimum atomic E-state index is 0.159. The minimum Gasteiger partial charge on any atom is -0.503 e. The SMILES string of the molecule is COc1cc(CNCC2CCN(C)CC2)cc(Br)c1O. The lowest BCUT2D eigenvalue weighted by molar-refractivity contribution is 0.216. The summed E-state index contributed by atoms with van der Waals surface area (Å²) in [5.41, 5.74) is 1.11. The normalized spacial score (nSPS) is 17.4. The third kappa shape index (κ3) is 4.11. The summed E-state index contributed by atoms with van der Waals surface area (Å²) in [6, 6.07) is 3.81. The van der Waals surface area contributed by atoms with E-state index < -0.39 is 0 Å². The largest absolute Gasteiger partial charge is 0.503 e. The van der Waals surface area contributed by atoms with Gasteiger partial charge in [0, 0.05) is 6.54 Å². The molecule has 1 aromatic rings. The molecule has 1 fully saturated rings. The highest BCUT2D eigenvalue weighted by Crippen LogP contribution is 2.35. The van der Waals surface area contributed by atoms with Gasteiger partial charge in [-0.1, -0.05) is 0 Å². The van der Waals surface area contributed by atoms with Gasteiger partial charge in [-0.3, -0.25) is 0 Å². The topological polar surface area (TPSA) is 44.7 Å². The molecule has 0 aliphatic carbocycles. The van der Waals surface area contributed by atoms with Crippen LogP contribution >= 0.6 is 15.9 Å². The Morgan fingerprint density at radius 2 is 2.10 bits per heavy atom. The first-order valence-corrected chi connectivity index (χ1v) is 7.84. The fourth-order valence-electron chi connectivity index (χ4n) is 2.57. The molecule has 0 unspecified atom stereocenters. The van der Waals surface area contributed by atoms with Crippen LogP contribution in [0.5, 0.6) is 11.5 Å². The van der Waals surface area contributed by atoms with Crippen LogP contribution in [-0.4, -0.2) is 43.8 Å². The highest BCUT2D eigenvalue weighted by Gasteiger charge is 2.16. The Bertz CT molecular complexity index is 446. The number of nitrogens with zero attached hydrogens (tertiary/aromatic N) is 1. The van der Waals surface area contributed by atoms with Gasteiger partial charge in [0.15, 0.2) is 11.5 Å². The fraction of sp³-hybridized carbons (Fsp3) is 0.600. The summed E-state index contributed by atoms with van der Waals surface area (Å²) in [7, 11) is 3.75. The maximum Gasteiger partial charge on any atom is 0.172 e. The Labute approximate surface area is 129 Å². The summed E-state index contributed by atoms with van der Waals surface area (Å²) in [6.45, 7) is 4.24. The zero-order chi connectivity index (χ0) is 14.5. The standard InChI is InChI=1S/C15H23BrN2O2/c1-18-5-3-11(4-6-18)9-17-10-12-7-13(16)15(19)14(8-12)20-2/h7-8,11,17,19H,3-6,9-10H2,1-2H3. The summed E-state index contributed by atoms with van der Waals surface area (Å²) in [5.74, 6) is 1.44. The summed E-state index contributed by atoms with van der Waals surface area (Å²) in [6.07, 6.45) is 2.54. The second-order valence-electron chi connectivity index (χ2n) is 5.51. The lowest BCUT2D eigenvalue weighted by Crippen LogP contribution is -2.34. The van der Waals surface area contributed by atoms with Gasteiger partial charge in [0.25, 0.3) is 0 Å². The van der Waals surface area contributed by atoms with Gasteiger partial charge in [0.05, 0.1) is 11.6 Å². The van der Waals surface area contributed by atoms with Crippen molar-refractivity contribution in [1.29, 1.82) is 0 Å². The van der Waals surface area contributed by atoms with E-state index in [9.17, 15) is 5.11 Å². The zero-order valence-corrected chi connectivity index (χ0v) is 13.7. The van der Waals surface area contributed by atoms with Gasteiger partial charge in [-0.2, -0.15) is 0 Å². The molecule has 2 N–H and O–H groups in total. The first kappa shape index (κ1) is 15.6. The van der Waals surface area contributed by atoms with Crippen molar-refractivity contribution >= 4 is 15.9 Å². The maximum absolute atomic E-state index is 9.78. The van der Waals surface area contributed by atoms with E-state index in [1.165, 1.54) is 25.9 Å². The number of ether oxygens (including phenoxy) is 1. The molecule has 1 aliphatic heterocycles. The molecule has 1 heterocycles. The van der Waals surface area contributed by atoms with Crippen LogP contribution in [0.25, 0.3) is 0 Å². The van der Waals surface area contributed by atoms with E-state index in [1.54, 1.807) is 7.11 Å². The smallest absolute Gasteiger partial charge is 0.172 e. The molecule has 0 saturated carbocycles. The first-order valence-electron chi connectivity index (χ1n) is 7.04. The van der Waals surface area contributed by atoms with Crippen LogP contribution in [-0.2, 0) is 6.54 Å². The van der Waals surface area contributed by atoms with Gasteiger partial charge in [0.2, 0.25) is 0 Å². The monoisotopic (exact) mass is 342 g/mol. The number of likely N-dealkylation sites (tertiary alicyclic amines) is 1. The number of nitrogens with one attached hydrogen (secondary N) is 1. The molecule has 0 aromatic heterocycles. The predicted molar refractivity (Wildman–Crippen MR) is 84.3 cm³/mol. The summed E-state index contributed by atoms with van der Waals surface area (Å²) in [4.78, 5) is 2.39. The number of hydrogen-bond acceptors (Lipinski definition) is 4. The third-order valence-electron chi connectivity index (χ3n) is 3.91. The third-order valence-corrected chi connectivity index (χ3v) is 4.51. The number of hydrogen-bond donors (Lipinski definition) is 2. The van der Waals surface area contributed by atoms with Crippen molar-refractivity contribution in [1.82, 2.24) is 10.2 Å². The van der Waals surface area contributed by atoms with E-state index in [0.717, 1.165) is 24.6 Å². The van der Waals surface area contributed by atoms with Crippen LogP contribution < -0.4 is 10.1 Å². The quantitative estimate of drug-likeness (QED) is 0.863. The molecule has 20 heavy (non-hydrogen) atoms. The molecule has 1 aliphatic rings. The van der Waals surface area contributed by atoms with Gasteiger partial charge in [0.1, 0.15) is 0 Å². The molecule has 5 heteroatoms. The van der Waals surface area contributed by atoms with E-state index in [-0.39, 0.29) is 5.75 Å². The average Bonchev–Trinajstić information content (AvgIpc) is 2.44. The molecule has 4 nitrogen and oxygen atoms in total. The number of halogens is 1. The summed E-state index contributed by atoms with van der Waals surface area (Å²) in [5, 5.41) is 13.3. The molecule has 0 amide bonds. The molecular weight excluding hydrogens is 320 g/mol. The summed E-state index contributed by atoms with van der Waals surface area (Å²) >= 11 is 3.35. The van der Waals surface area contributed by atoms with Crippen molar-refractivity contribution in [3.63, 3.8) is 0 Å². The molecule has 0 spiro atoms. The van der Waals surface area contributed by atoms with Crippen LogP contribution in [0.2, 0.25) is 0 Å². The van der Waals surface area contributed by atoms with E-state index >= 15 is 0 Å². The molecule has 0 bridgehead atoms. The Hall–Kier alpha value is -0.780. The van der Waals surface area contributed by atoms with Gasteiger partial charge in [-0.15, -0.1) is 0 Å². The number of piperidine rings is 1. The van der Waals surface area contributed by atoms with Gasteiger partial charge in [-0.25, -0.2) is 0 Å². The number of phenolic OH excluding ortho intramolecular Hbond substituents is 1. The number of phenols is 1. The highest BCUT2D eigenvalue weighted by atomic mass is 79.9. The van der Waals surface area contributed by atoms with E-state index in [0.29, 0.717) is 10.2 Å². The average molecular weight is 343 g/mol. The van der Waals surface area contributed by atoms with Crippen molar-refractivity contribution in [2.45, 2.75) is 19.4 Å². The van der Waals surface area contributed by atoms with Crippen LogP contribution in [0.4, 0.5) is 0 Å². The molecule has 112 valence electrons. The Kier molecular flexibility index (Phi) is 5.69. The van der Waals surface area contributed by atoms with Gasteiger partial charge >= 0.3 is 0 Å². The number of aromatic hydroxyl groups is 1.